The van der Waals surface area contributed by atoms with E-state index in [2.05, 4.69) is 0 Å². The van der Waals surface area contributed by atoms with Crippen LogP contribution in [0, 0.1) is 0 Å². The molecule has 1 aliphatic rings. The lowest BCUT2D eigenvalue weighted by atomic mass is 9.99. The first-order chi connectivity index (χ1) is 16.7. The summed E-state index contributed by atoms with van der Waals surface area (Å²) >= 11 is 0. The zero-order valence-corrected chi connectivity index (χ0v) is 18.6. The second kappa shape index (κ2) is 9.60. The van der Waals surface area contributed by atoms with Gasteiger partial charge in [-0.15, -0.1) is 0 Å². The fourth-order valence-corrected chi connectivity index (χ4v) is 3.77. The van der Waals surface area contributed by atoms with Gasteiger partial charge < -0.3 is 54.0 Å². The van der Waals surface area contributed by atoms with Gasteiger partial charge in [-0.3, -0.25) is 4.79 Å². The van der Waals surface area contributed by atoms with Crippen LogP contribution in [0.15, 0.2) is 39.5 Å². The topological polar surface area (TPSA) is 189 Å². The standard InChI is InChI=1S/C23H24O12/c1-31-10-6-12(26)16-14(7-10)33-21(9-3-4-11(25)13(5-9)32-2)22(18(16)28)35-23-20(30)19(29)17(27)15(8-24)34-23/h3-7,15,17,19-20,23-27,29-30H,8H2,1-2H3/t15-,17-,19+,20-,23-/m1/s1. The first-order valence-electron chi connectivity index (χ1n) is 10.4. The van der Waals surface area contributed by atoms with Crippen molar-refractivity contribution in [2.24, 2.45) is 0 Å². The monoisotopic (exact) mass is 492 g/mol. The van der Waals surface area contributed by atoms with E-state index in [1.54, 1.807) is 0 Å². The van der Waals surface area contributed by atoms with Gasteiger partial charge in [0.15, 0.2) is 17.3 Å². The van der Waals surface area contributed by atoms with Crippen LogP contribution < -0.4 is 19.6 Å². The maximum Gasteiger partial charge on any atom is 0.239 e. The molecule has 0 bridgehead atoms. The molecular weight excluding hydrogens is 468 g/mol. The summed E-state index contributed by atoms with van der Waals surface area (Å²) in [5.74, 6) is -1.11. The Morgan fingerprint density at radius 1 is 0.943 bits per heavy atom. The van der Waals surface area contributed by atoms with Crippen LogP contribution in [0.25, 0.3) is 22.3 Å². The number of hydrogen-bond acceptors (Lipinski definition) is 12. The molecule has 1 aliphatic heterocycles. The molecule has 1 aromatic heterocycles. The number of rotatable bonds is 6. The van der Waals surface area contributed by atoms with Gasteiger partial charge in [0.25, 0.3) is 0 Å². The van der Waals surface area contributed by atoms with Crippen molar-refractivity contribution in [2.45, 2.75) is 30.7 Å². The molecule has 0 unspecified atom stereocenters. The smallest absolute Gasteiger partial charge is 0.239 e. The largest absolute Gasteiger partial charge is 0.507 e. The van der Waals surface area contributed by atoms with Gasteiger partial charge in [0.05, 0.1) is 20.8 Å². The zero-order valence-electron chi connectivity index (χ0n) is 18.6. The van der Waals surface area contributed by atoms with Gasteiger partial charge in [-0.25, -0.2) is 0 Å². The lowest BCUT2D eigenvalue weighted by Gasteiger charge is -2.39. The summed E-state index contributed by atoms with van der Waals surface area (Å²) in [6.45, 7) is -0.709. The van der Waals surface area contributed by atoms with Crippen LogP contribution in [0.2, 0.25) is 0 Å². The highest BCUT2D eigenvalue weighted by molar-refractivity contribution is 5.88. The van der Waals surface area contributed by atoms with Gasteiger partial charge >= 0.3 is 0 Å². The van der Waals surface area contributed by atoms with E-state index < -0.39 is 54.2 Å². The predicted octanol–water partition coefficient (Wildman–Crippen LogP) is 0.0671. The molecule has 6 N–H and O–H groups in total. The summed E-state index contributed by atoms with van der Waals surface area (Å²) in [7, 11) is 2.69. The number of aliphatic hydroxyl groups excluding tert-OH is 4. The Kier molecular flexibility index (Phi) is 6.74. The summed E-state index contributed by atoms with van der Waals surface area (Å²) in [5.41, 5.74) is -0.707. The highest BCUT2D eigenvalue weighted by atomic mass is 16.7. The quantitative estimate of drug-likeness (QED) is 0.272. The summed E-state index contributed by atoms with van der Waals surface area (Å²) in [6, 6.07) is 6.62. The van der Waals surface area contributed by atoms with E-state index in [9.17, 15) is 35.4 Å². The molecule has 0 radical (unpaired) electrons. The van der Waals surface area contributed by atoms with Crippen LogP contribution in [0.5, 0.6) is 28.7 Å². The molecule has 1 fully saturated rings. The van der Waals surface area contributed by atoms with E-state index >= 15 is 0 Å². The number of hydrogen-bond donors (Lipinski definition) is 6. The van der Waals surface area contributed by atoms with Crippen LogP contribution in [-0.4, -0.2) is 82.2 Å². The molecule has 2 aromatic carbocycles. The molecule has 1 saturated heterocycles. The van der Waals surface area contributed by atoms with Gasteiger partial charge in [0, 0.05) is 17.7 Å². The normalized spacial score (nSPS) is 24.3. The molecule has 0 amide bonds. The minimum Gasteiger partial charge on any atom is -0.507 e. The van der Waals surface area contributed by atoms with Gasteiger partial charge in [0.2, 0.25) is 17.5 Å². The van der Waals surface area contributed by atoms with E-state index in [0.717, 1.165) is 0 Å². The second-order valence-corrected chi connectivity index (χ2v) is 7.81. The summed E-state index contributed by atoms with van der Waals surface area (Å²) in [4.78, 5) is 13.5. The van der Waals surface area contributed by atoms with Gasteiger partial charge in [-0.2, -0.15) is 0 Å². The molecule has 12 nitrogen and oxygen atoms in total. The summed E-state index contributed by atoms with van der Waals surface area (Å²) in [5, 5.41) is 60.1. The molecule has 0 spiro atoms. The van der Waals surface area contributed by atoms with Crippen molar-refractivity contribution in [3.63, 3.8) is 0 Å². The third-order valence-corrected chi connectivity index (χ3v) is 5.67. The lowest BCUT2D eigenvalue weighted by molar-refractivity contribution is -0.277. The van der Waals surface area contributed by atoms with Crippen LogP contribution in [0.1, 0.15) is 0 Å². The Balaban J connectivity index is 1.92. The fraction of sp³-hybridized carbons (Fsp3) is 0.348. The number of aliphatic hydroxyl groups is 4. The van der Waals surface area contributed by atoms with Crippen molar-refractivity contribution in [1.82, 2.24) is 0 Å². The van der Waals surface area contributed by atoms with Crippen molar-refractivity contribution >= 4 is 11.0 Å². The third kappa shape index (κ3) is 4.33. The van der Waals surface area contributed by atoms with Crippen LogP contribution in [0.3, 0.4) is 0 Å². The minimum atomic E-state index is -1.81. The second-order valence-electron chi connectivity index (χ2n) is 7.81. The number of methoxy groups -OCH3 is 2. The lowest BCUT2D eigenvalue weighted by Crippen LogP contribution is -2.60. The van der Waals surface area contributed by atoms with Crippen molar-refractivity contribution < 1.29 is 54.0 Å². The zero-order chi connectivity index (χ0) is 25.4. The molecule has 35 heavy (non-hydrogen) atoms. The van der Waals surface area contributed by atoms with Crippen LogP contribution in [0.4, 0.5) is 0 Å². The molecule has 12 heteroatoms. The molecular formula is C23H24O12. The first-order valence-corrected chi connectivity index (χ1v) is 10.4. The Bertz CT molecular complexity index is 1280. The third-order valence-electron chi connectivity index (χ3n) is 5.67. The van der Waals surface area contributed by atoms with Crippen molar-refractivity contribution in [2.75, 3.05) is 20.8 Å². The van der Waals surface area contributed by atoms with Gasteiger partial charge in [0.1, 0.15) is 46.9 Å². The van der Waals surface area contributed by atoms with Crippen molar-refractivity contribution in [3.8, 4) is 40.1 Å². The Hall–Kier alpha value is -3.55. The van der Waals surface area contributed by atoms with E-state index in [0.29, 0.717) is 0 Å². The maximum atomic E-state index is 13.5. The highest BCUT2D eigenvalue weighted by Crippen LogP contribution is 2.39. The molecule has 4 rings (SSSR count). The van der Waals surface area contributed by atoms with Crippen LogP contribution in [-0.2, 0) is 4.74 Å². The molecule has 0 aliphatic carbocycles. The van der Waals surface area contributed by atoms with Gasteiger partial charge in [-0.1, -0.05) is 0 Å². The van der Waals surface area contributed by atoms with Crippen molar-refractivity contribution in [1.29, 1.82) is 0 Å². The average molecular weight is 492 g/mol. The molecule has 0 saturated carbocycles. The molecule has 5 atom stereocenters. The van der Waals surface area contributed by atoms with E-state index in [1.165, 1.54) is 44.6 Å². The highest BCUT2D eigenvalue weighted by Gasteiger charge is 2.45. The minimum absolute atomic E-state index is 0.0533. The van der Waals surface area contributed by atoms with E-state index in [4.69, 9.17) is 23.4 Å². The van der Waals surface area contributed by atoms with E-state index in [-0.39, 0.29) is 39.5 Å². The van der Waals surface area contributed by atoms with Crippen molar-refractivity contribution in [3.05, 3.63) is 40.6 Å². The number of phenols is 2. The van der Waals surface area contributed by atoms with E-state index in [1.807, 2.05) is 0 Å². The Morgan fingerprint density at radius 2 is 1.69 bits per heavy atom. The number of fused-ring (bicyclic) bond motifs is 1. The Labute approximate surface area is 197 Å². The SMILES string of the molecule is COc1cc(O)c2c(=O)c(O[C@H]3O[C@H](CO)[C@@H](O)[C@H](O)[C@H]3O)c(-c3ccc(O)c(OC)c3)oc2c1. The summed E-state index contributed by atoms with van der Waals surface area (Å²) in [6.07, 6.45) is -8.20. The summed E-state index contributed by atoms with van der Waals surface area (Å²) < 4.78 is 27.2. The van der Waals surface area contributed by atoms with Crippen LogP contribution >= 0.6 is 0 Å². The fourth-order valence-electron chi connectivity index (χ4n) is 3.77. The molecule has 2 heterocycles. The molecule has 188 valence electrons. The number of phenolic OH excluding ortho intramolecular Hbond substituents is 2. The predicted molar refractivity (Wildman–Crippen MR) is 119 cm³/mol. The van der Waals surface area contributed by atoms with Gasteiger partial charge in [-0.05, 0) is 18.2 Å². The number of aromatic hydroxyl groups is 2. The first kappa shape index (κ1) is 24.6. The number of ether oxygens (including phenoxy) is 4. The average Bonchev–Trinajstić information content (AvgIpc) is 2.85. The molecule has 3 aromatic rings. The Morgan fingerprint density at radius 3 is 2.34 bits per heavy atom. The number of benzene rings is 2. The maximum absolute atomic E-state index is 13.5.